The quantitative estimate of drug-likeness (QED) is 0.831. The standard InChI is InChI=1S/C13H11F2NO2/c14-8-5-11(15)10-3-4-16(12(10)6-8)13-2-1-9(7-17)18-13/h1-6,9,13,17H,7H2/t9-,13+/m0/s1. The molecule has 2 atom stereocenters. The van der Waals surface area contributed by atoms with E-state index in [-0.39, 0.29) is 12.7 Å². The molecule has 1 aliphatic heterocycles. The number of aliphatic hydroxyl groups is 1. The minimum Gasteiger partial charge on any atom is -0.393 e. The Morgan fingerprint density at radius 2 is 2.11 bits per heavy atom. The van der Waals surface area contributed by atoms with Crippen molar-refractivity contribution in [1.29, 1.82) is 0 Å². The van der Waals surface area contributed by atoms with Gasteiger partial charge < -0.3 is 14.4 Å². The molecule has 3 nitrogen and oxygen atoms in total. The summed E-state index contributed by atoms with van der Waals surface area (Å²) in [6.45, 7) is -0.116. The van der Waals surface area contributed by atoms with Gasteiger partial charge in [-0.15, -0.1) is 0 Å². The number of rotatable bonds is 2. The van der Waals surface area contributed by atoms with Gasteiger partial charge >= 0.3 is 0 Å². The first kappa shape index (κ1) is 11.4. The topological polar surface area (TPSA) is 34.4 Å². The van der Waals surface area contributed by atoms with Gasteiger partial charge in [0.1, 0.15) is 17.7 Å². The van der Waals surface area contributed by atoms with Crippen LogP contribution in [0.25, 0.3) is 10.9 Å². The van der Waals surface area contributed by atoms with Crippen molar-refractivity contribution >= 4 is 10.9 Å². The highest BCUT2D eigenvalue weighted by atomic mass is 19.1. The van der Waals surface area contributed by atoms with Crippen molar-refractivity contribution in [3.8, 4) is 0 Å². The van der Waals surface area contributed by atoms with Gasteiger partial charge in [0.05, 0.1) is 12.1 Å². The number of aromatic nitrogens is 1. The lowest BCUT2D eigenvalue weighted by molar-refractivity contribution is -0.00591. The minimum atomic E-state index is -0.624. The Balaban J connectivity index is 2.06. The van der Waals surface area contributed by atoms with Crippen molar-refractivity contribution in [2.24, 2.45) is 0 Å². The Bertz CT molecular complexity index is 621. The van der Waals surface area contributed by atoms with Crippen LogP contribution in [-0.4, -0.2) is 22.4 Å². The summed E-state index contributed by atoms with van der Waals surface area (Å²) in [5.74, 6) is -1.22. The van der Waals surface area contributed by atoms with Gasteiger partial charge in [-0.2, -0.15) is 0 Å². The fraction of sp³-hybridized carbons (Fsp3) is 0.231. The zero-order valence-corrected chi connectivity index (χ0v) is 9.38. The second-order valence-corrected chi connectivity index (χ2v) is 4.18. The van der Waals surface area contributed by atoms with Crippen LogP contribution in [0.5, 0.6) is 0 Å². The highest BCUT2D eigenvalue weighted by molar-refractivity contribution is 5.81. The highest BCUT2D eigenvalue weighted by Crippen LogP contribution is 2.28. The van der Waals surface area contributed by atoms with E-state index >= 15 is 0 Å². The predicted octanol–water partition coefficient (Wildman–Crippen LogP) is 2.37. The zero-order chi connectivity index (χ0) is 12.7. The average molecular weight is 251 g/mol. The highest BCUT2D eigenvalue weighted by Gasteiger charge is 2.21. The predicted molar refractivity (Wildman–Crippen MR) is 62.0 cm³/mol. The molecule has 1 aliphatic rings. The molecule has 2 aromatic rings. The minimum absolute atomic E-state index is 0.116. The number of aliphatic hydroxyl groups excluding tert-OH is 1. The Hall–Kier alpha value is -1.72. The summed E-state index contributed by atoms with van der Waals surface area (Å²) in [6, 6.07) is 3.70. The lowest BCUT2D eigenvalue weighted by atomic mass is 10.2. The molecule has 1 aromatic heterocycles. The molecule has 94 valence electrons. The van der Waals surface area contributed by atoms with Crippen LogP contribution in [0.2, 0.25) is 0 Å². The van der Waals surface area contributed by atoms with Gasteiger partial charge in [0.2, 0.25) is 0 Å². The normalized spacial score (nSPS) is 23.1. The Kier molecular flexibility index (Phi) is 2.65. The van der Waals surface area contributed by atoms with E-state index in [2.05, 4.69) is 0 Å². The van der Waals surface area contributed by atoms with Gasteiger partial charge in [-0.05, 0) is 18.2 Å². The van der Waals surface area contributed by atoms with Crippen molar-refractivity contribution < 1.29 is 18.6 Å². The maximum absolute atomic E-state index is 13.5. The SMILES string of the molecule is OC[C@@H]1C=C[C@H](n2ccc3c(F)cc(F)cc32)O1. The van der Waals surface area contributed by atoms with Gasteiger partial charge in [0.25, 0.3) is 0 Å². The molecule has 0 saturated carbocycles. The molecule has 0 fully saturated rings. The third-order valence-electron chi connectivity index (χ3n) is 3.01. The van der Waals surface area contributed by atoms with Crippen molar-refractivity contribution in [2.45, 2.75) is 12.3 Å². The molecule has 0 amide bonds. The fourth-order valence-electron chi connectivity index (χ4n) is 2.16. The molecule has 0 radical (unpaired) electrons. The molecule has 5 heteroatoms. The van der Waals surface area contributed by atoms with E-state index in [1.807, 2.05) is 0 Å². The van der Waals surface area contributed by atoms with Gasteiger partial charge in [-0.3, -0.25) is 0 Å². The third-order valence-corrected chi connectivity index (χ3v) is 3.01. The molecule has 2 heterocycles. The number of halogens is 2. The molecule has 1 N–H and O–H groups in total. The number of nitrogens with zero attached hydrogens (tertiary/aromatic N) is 1. The van der Waals surface area contributed by atoms with Crippen molar-refractivity contribution in [2.75, 3.05) is 6.61 Å². The van der Waals surface area contributed by atoms with E-state index in [9.17, 15) is 8.78 Å². The molecule has 0 unspecified atom stereocenters. The fourth-order valence-corrected chi connectivity index (χ4v) is 2.16. The van der Waals surface area contributed by atoms with Crippen LogP contribution in [0.15, 0.2) is 36.5 Å². The van der Waals surface area contributed by atoms with Gasteiger partial charge in [0.15, 0.2) is 6.23 Å². The number of ether oxygens (including phenoxy) is 1. The summed E-state index contributed by atoms with van der Waals surface area (Å²) >= 11 is 0. The van der Waals surface area contributed by atoms with Gasteiger partial charge in [-0.1, -0.05) is 6.08 Å². The Morgan fingerprint density at radius 1 is 1.28 bits per heavy atom. The maximum atomic E-state index is 13.5. The summed E-state index contributed by atoms with van der Waals surface area (Å²) in [5, 5.41) is 9.33. The Labute approximate surface area is 102 Å². The van der Waals surface area contributed by atoms with Crippen molar-refractivity contribution in [1.82, 2.24) is 4.57 Å². The van der Waals surface area contributed by atoms with Crippen LogP contribution < -0.4 is 0 Å². The van der Waals surface area contributed by atoms with Crippen LogP contribution in [0.3, 0.4) is 0 Å². The first-order chi connectivity index (χ1) is 8.69. The molecule has 0 bridgehead atoms. The first-order valence-electron chi connectivity index (χ1n) is 5.59. The average Bonchev–Trinajstić information content (AvgIpc) is 2.93. The van der Waals surface area contributed by atoms with Gasteiger partial charge in [-0.25, -0.2) is 8.78 Å². The lowest BCUT2D eigenvalue weighted by Gasteiger charge is -2.15. The first-order valence-corrected chi connectivity index (χ1v) is 5.59. The molecular weight excluding hydrogens is 240 g/mol. The van der Waals surface area contributed by atoms with E-state index in [0.717, 1.165) is 6.07 Å². The van der Waals surface area contributed by atoms with Crippen LogP contribution in [0.4, 0.5) is 8.78 Å². The molecule has 18 heavy (non-hydrogen) atoms. The molecular formula is C13H11F2NO2. The summed E-state index contributed by atoms with van der Waals surface area (Å²) in [7, 11) is 0. The largest absolute Gasteiger partial charge is 0.393 e. The maximum Gasteiger partial charge on any atom is 0.154 e. The lowest BCUT2D eigenvalue weighted by Crippen LogP contribution is -2.14. The summed E-state index contributed by atoms with van der Waals surface area (Å²) in [6.07, 6.45) is 4.31. The molecule has 1 aromatic carbocycles. The molecule has 0 spiro atoms. The van der Waals surface area contributed by atoms with E-state index in [4.69, 9.17) is 9.84 Å². The van der Waals surface area contributed by atoms with E-state index in [1.54, 1.807) is 29.0 Å². The second-order valence-electron chi connectivity index (χ2n) is 4.18. The third kappa shape index (κ3) is 1.72. The number of hydrogen-bond acceptors (Lipinski definition) is 2. The summed E-state index contributed by atoms with van der Waals surface area (Å²) in [5.41, 5.74) is 0.431. The van der Waals surface area contributed by atoms with Crippen LogP contribution >= 0.6 is 0 Å². The number of benzene rings is 1. The zero-order valence-electron chi connectivity index (χ0n) is 9.38. The summed E-state index contributed by atoms with van der Waals surface area (Å²) < 4.78 is 33.9. The summed E-state index contributed by atoms with van der Waals surface area (Å²) in [4.78, 5) is 0. The smallest absolute Gasteiger partial charge is 0.154 e. The number of hydrogen-bond donors (Lipinski definition) is 1. The van der Waals surface area contributed by atoms with E-state index in [0.29, 0.717) is 10.9 Å². The van der Waals surface area contributed by atoms with Gasteiger partial charge in [0, 0.05) is 17.6 Å². The molecule has 0 aliphatic carbocycles. The Morgan fingerprint density at radius 3 is 2.83 bits per heavy atom. The molecule has 0 saturated heterocycles. The number of fused-ring (bicyclic) bond motifs is 1. The second kappa shape index (κ2) is 4.19. The van der Waals surface area contributed by atoms with Crippen LogP contribution in [-0.2, 0) is 4.74 Å². The van der Waals surface area contributed by atoms with Crippen molar-refractivity contribution in [3.63, 3.8) is 0 Å². The van der Waals surface area contributed by atoms with Crippen LogP contribution in [0, 0.1) is 11.6 Å². The monoisotopic (exact) mass is 251 g/mol. The van der Waals surface area contributed by atoms with E-state index in [1.165, 1.54) is 6.07 Å². The van der Waals surface area contributed by atoms with Crippen molar-refractivity contribution in [3.05, 3.63) is 48.2 Å². The van der Waals surface area contributed by atoms with Crippen LogP contribution in [0.1, 0.15) is 6.23 Å². The van der Waals surface area contributed by atoms with E-state index < -0.39 is 17.9 Å². The molecule has 3 rings (SSSR count).